The van der Waals surface area contributed by atoms with Gasteiger partial charge >= 0.3 is 0 Å². The molecule has 0 saturated heterocycles. The first-order chi connectivity index (χ1) is 7.12. The van der Waals surface area contributed by atoms with E-state index in [2.05, 4.69) is 44.2 Å². The summed E-state index contributed by atoms with van der Waals surface area (Å²) >= 11 is 0. The van der Waals surface area contributed by atoms with Crippen molar-refractivity contribution < 1.29 is 0 Å². The topological polar surface area (TPSA) is 26.0 Å². The average molecular weight is 203 g/mol. The van der Waals surface area contributed by atoms with Crippen molar-refractivity contribution in [1.82, 2.24) is 0 Å². The molecule has 0 atom stereocenters. The fourth-order valence-corrected chi connectivity index (χ4v) is 2.85. The van der Waals surface area contributed by atoms with Crippen molar-refractivity contribution in [3.63, 3.8) is 0 Å². The summed E-state index contributed by atoms with van der Waals surface area (Å²) in [5, 5.41) is 0. The van der Waals surface area contributed by atoms with Crippen molar-refractivity contribution in [2.45, 2.75) is 38.5 Å². The van der Waals surface area contributed by atoms with Crippen LogP contribution >= 0.6 is 0 Å². The summed E-state index contributed by atoms with van der Waals surface area (Å²) < 4.78 is 0. The van der Waals surface area contributed by atoms with Crippen LogP contribution in [0.4, 0.5) is 0 Å². The van der Waals surface area contributed by atoms with Crippen molar-refractivity contribution in [3.8, 4) is 0 Å². The molecule has 2 rings (SSSR count). The van der Waals surface area contributed by atoms with Crippen LogP contribution < -0.4 is 5.73 Å². The van der Waals surface area contributed by atoms with Crippen LogP contribution in [0.15, 0.2) is 30.3 Å². The normalized spacial score (nSPS) is 19.7. The summed E-state index contributed by atoms with van der Waals surface area (Å²) in [7, 11) is 0. The molecular weight excluding hydrogens is 182 g/mol. The molecule has 1 heteroatoms. The van der Waals surface area contributed by atoms with Gasteiger partial charge in [0, 0.05) is 0 Å². The molecule has 0 spiro atoms. The highest BCUT2D eigenvalue weighted by Crippen LogP contribution is 2.54. The van der Waals surface area contributed by atoms with Crippen LogP contribution in [-0.2, 0) is 5.41 Å². The fourth-order valence-electron chi connectivity index (χ4n) is 2.85. The Balaban J connectivity index is 2.34. The second-order valence-electron chi connectivity index (χ2n) is 5.33. The largest absolute Gasteiger partial charge is 0.330 e. The highest BCUT2D eigenvalue weighted by molar-refractivity contribution is 5.28. The van der Waals surface area contributed by atoms with Gasteiger partial charge in [-0.25, -0.2) is 0 Å². The monoisotopic (exact) mass is 203 g/mol. The van der Waals surface area contributed by atoms with Gasteiger partial charge in [0.2, 0.25) is 0 Å². The minimum atomic E-state index is 0.210. The molecule has 1 aromatic rings. The van der Waals surface area contributed by atoms with E-state index in [-0.39, 0.29) is 5.41 Å². The lowest BCUT2D eigenvalue weighted by Crippen LogP contribution is -2.51. The summed E-state index contributed by atoms with van der Waals surface area (Å²) in [6.45, 7) is 5.50. The van der Waals surface area contributed by atoms with Crippen LogP contribution in [0.5, 0.6) is 0 Å². The van der Waals surface area contributed by atoms with Crippen LogP contribution in [0, 0.1) is 5.41 Å². The molecule has 82 valence electrons. The molecule has 0 heterocycles. The molecule has 1 saturated carbocycles. The van der Waals surface area contributed by atoms with Gasteiger partial charge in [-0.2, -0.15) is 0 Å². The lowest BCUT2D eigenvalue weighted by atomic mass is 9.52. The molecule has 2 N–H and O–H groups in total. The van der Waals surface area contributed by atoms with Crippen LogP contribution in [-0.4, -0.2) is 6.54 Å². The minimum Gasteiger partial charge on any atom is -0.330 e. The van der Waals surface area contributed by atoms with E-state index in [0.717, 1.165) is 6.54 Å². The maximum absolute atomic E-state index is 5.99. The maximum atomic E-state index is 5.99. The second-order valence-corrected chi connectivity index (χ2v) is 5.33. The van der Waals surface area contributed by atoms with E-state index < -0.39 is 0 Å². The van der Waals surface area contributed by atoms with Crippen LogP contribution in [0.1, 0.15) is 38.7 Å². The Morgan fingerprint density at radius 2 is 1.80 bits per heavy atom. The molecule has 0 unspecified atom stereocenters. The first-order valence-corrected chi connectivity index (χ1v) is 5.88. The molecular formula is C14H21N. The molecule has 1 aromatic carbocycles. The summed E-state index contributed by atoms with van der Waals surface area (Å²) in [6.07, 6.45) is 3.91. The van der Waals surface area contributed by atoms with E-state index in [1.165, 1.54) is 24.8 Å². The van der Waals surface area contributed by atoms with Crippen molar-refractivity contribution in [3.05, 3.63) is 35.9 Å². The first kappa shape index (κ1) is 10.7. The summed E-state index contributed by atoms with van der Waals surface area (Å²) in [6, 6.07) is 10.8. The summed E-state index contributed by atoms with van der Waals surface area (Å²) in [5.41, 5.74) is 7.97. The van der Waals surface area contributed by atoms with E-state index in [4.69, 9.17) is 5.73 Å². The third-order valence-electron chi connectivity index (χ3n) is 4.52. The van der Waals surface area contributed by atoms with E-state index >= 15 is 0 Å². The van der Waals surface area contributed by atoms with Gasteiger partial charge in [0.05, 0.1) is 0 Å². The van der Waals surface area contributed by atoms with E-state index in [1.54, 1.807) is 0 Å². The fraction of sp³-hybridized carbons (Fsp3) is 0.571. The molecule has 0 radical (unpaired) electrons. The Hall–Kier alpha value is -0.820. The highest BCUT2D eigenvalue weighted by Gasteiger charge is 2.48. The quantitative estimate of drug-likeness (QED) is 0.802. The molecule has 0 bridgehead atoms. The Morgan fingerprint density at radius 3 is 2.20 bits per heavy atom. The molecule has 0 amide bonds. The lowest BCUT2D eigenvalue weighted by Gasteiger charge is -2.53. The molecule has 15 heavy (non-hydrogen) atoms. The van der Waals surface area contributed by atoms with Crippen molar-refractivity contribution >= 4 is 0 Å². The number of nitrogens with two attached hydrogens (primary N) is 1. The van der Waals surface area contributed by atoms with Gasteiger partial charge in [-0.3, -0.25) is 0 Å². The number of hydrogen-bond donors (Lipinski definition) is 1. The second kappa shape index (κ2) is 3.64. The van der Waals surface area contributed by atoms with Crippen LogP contribution in [0.25, 0.3) is 0 Å². The van der Waals surface area contributed by atoms with E-state index in [9.17, 15) is 0 Å². The third kappa shape index (κ3) is 1.50. The summed E-state index contributed by atoms with van der Waals surface area (Å²) in [5.74, 6) is 0. The van der Waals surface area contributed by atoms with Gasteiger partial charge < -0.3 is 5.73 Å². The zero-order chi connectivity index (χ0) is 10.9. The van der Waals surface area contributed by atoms with Crippen molar-refractivity contribution in [1.29, 1.82) is 0 Å². The highest BCUT2D eigenvalue weighted by atomic mass is 14.7. The standard InChI is InChI=1S/C14H21N/c1-13(2,12-7-4-3-5-8-12)14(11-15)9-6-10-14/h3-5,7-8H,6,9-11,15H2,1-2H3. The smallest absolute Gasteiger partial charge is 0.00122 e. The first-order valence-electron chi connectivity index (χ1n) is 5.88. The Bertz CT molecular complexity index is 317. The Morgan fingerprint density at radius 1 is 1.20 bits per heavy atom. The molecule has 1 aliphatic rings. The number of hydrogen-bond acceptors (Lipinski definition) is 1. The summed E-state index contributed by atoms with van der Waals surface area (Å²) in [4.78, 5) is 0. The van der Waals surface area contributed by atoms with Gasteiger partial charge in [-0.1, -0.05) is 50.6 Å². The zero-order valence-electron chi connectivity index (χ0n) is 9.79. The van der Waals surface area contributed by atoms with Gasteiger partial charge in [-0.05, 0) is 35.8 Å². The number of rotatable bonds is 3. The van der Waals surface area contributed by atoms with Gasteiger partial charge in [0.25, 0.3) is 0 Å². The van der Waals surface area contributed by atoms with Gasteiger partial charge in [-0.15, -0.1) is 0 Å². The van der Waals surface area contributed by atoms with Crippen LogP contribution in [0.2, 0.25) is 0 Å². The van der Waals surface area contributed by atoms with Crippen LogP contribution in [0.3, 0.4) is 0 Å². The average Bonchev–Trinajstić information content (AvgIpc) is 2.18. The van der Waals surface area contributed by atoms with Crippen molar-refractivity contribution in [2.24, 2.45) is 11.1 Å². The molecule has 1 fully saturated rings. The SMILES string of the molecule is CC(C)(c1ccccc1)C1(CN)CCC1. The minimum absolute atomic E-state index is 0.210. The molecule has 0 aliphatic heterocycles. The zero-order valence-corrected chi connectivity index (χ0v) is 9.79. The molecule has 1 nitrogen and oxygen atoms in total. The predicted octanol–water partition coefficient (Wildman–Crippen LogP) is 3.09. The van der Waals surface area contributed by atoms with E-state index in [1.807, 2.05) is 0 Å². The maximum Gasteiger partial charge on any atom is -0.00122 e. The Labute approximate surface area is 92.7 Å². The van der Waals surface area contributed by atoms with Gasteiger partial charge in [0.15, 0.2) is 0 Å². The lowest BCUT2D eigenvalue weighted by molar-refractivity contribution is 0.0491. The number of benzene rings is 1. The molecule has 1 aliphatic carbocycles. The Kier molecular flexibility index (Phi) is 2.59. The third-order valence-corrected chi connectivity index (χ3v) is 4.52. The molecule has 0 aromatic heterocycles. The van der Waals surface area contributed by atoms with Gasteiger partial charge in [0.1, 0.15) is 0 Å². The van der Waals surface area contributed by atoms with E-state index in [0.29, 0.717) is 5.41 Å². The van der Waals surface area contributed by atoms with Crippen molar-refractivity contribution in [2.75, 3.05) is 6.54 Å². The predicted molar refractivity (Wildman–Crippen MR) is 64.8 cm³/mol.